The van der Waals surface area contributed by atoms with Crippen molar-refractivity contribution >= 4 is 26.9 Å². The molecule has 2 aromatic heterocycles. The van der Waals surface area contributed by atoms with Crippen LogP contribution in [0.15, 0.2) is 88.8 Å². The van der Waals surface area contributed by atoms with Crippen LogP contribution in [0.5, 0.6) is 5.75 Å². The van der Waals surface area contributed by atoms with Crippen molar-refractivity contribution in [3.63, 3.8) is 0 Å². The first-order valence-electron chi connectivity index (χ1n) is 12.8. The van der Waals surface area contributed by atoms with Crippen LogP contribution in [0.4, 0.5) is 11.4 Å². The largest absolute Gasteiger partial charge is 0.471 e. The number of sulfone groups is 1. The summed E-state index contributed by atoms with van der Waals surface area (Å²) in [4.78, 5) is 9.38. The Hall–Kier alpha value is -4.30. The van der Waals surface area contributed by atoms with Crippen LogP contribution in [0.25, 0.3) is 16.9 Å². The van der Waals surface area contributed by atoms with Gasteiger partial charge in [0.1, 0.15) is 22.8 Å². The van der Waals surface area contributed by atoms with Gasteiger partial charge in [0.2, 0.25) is 15.4 Å². The third kappa shape index (κ3) is 3.09. The summed E-state index contributed by atoms with van der Waals surface area (Å²) in [5.74, 6) is 0.668. The maximum Gasteiger partial charge on any atom is 0.207 e. The zero-order valence-electron chi connectivity index (χ0n) is 22.4. The number of imidazole rings is 1. The van der Waals surface area contributed by atoms with Crippen LogP contribution in [0.3, 0.4) is 0 Å². The van der Waals surface area contributed by atoms with Gasteiger partial charge in [0.15, 0.2) is 0 Å². The first-order valence-corrected chi connectivity index (χ1v) is 14.3. The van der Waals surface area contributed by atoms with Gasteiger partial charge < -0.3 is 14.5 Å². The number of hydrogen-bond acceptors (Lipinski definition) is 6. The summed E-state index contributed by atoms with van der Waals surface area (Å²) in [6.07, 6.45) is 1.97. The van der Waals surface area contributed by atoms with Crippen molar-refractivity contribution < 1.29 is 13.2 Å². The Morgan fingerprint density at radius 3 is 2.08 bits per heavy atom. The number of hydrogen-bond donors (Lipinski definition) is 0. The summed E-state index contributed by atoms with van der Waals surface area (Å²) < 4.78 is 37.9. The number of aryl methyl sites for hydroxylation is 1. The van der Waals surface area contributed by atoms with Crippen LogP contribution in [-0.4, -0.2) is 46.0 Å². The topological polar surface area (TPSA) is 67.2 Å². The molecule has 5 aromatic rings. The van der Waals surface area contributed by atoms with Crippen molar-refractivity contribution in [3.05, 3.63) is 101 Å². The third-order valence-corrected chi connectivity index (χ3v) is 9.65. The highest BCUT2D eigenvalue weighted by atomic mass is 32.2. The first kappa shape index (κ1) is 23.8. The lowest BCUT2D eigenvalue weighted by molar-refractivity contribution is 0.138. The van der Waals surface area contributed by atoms with Crippen molar-refractivity contribution in [1.29, 1.82) is 0 Å². The smallest absolute Gasteiger partial charge is 0.207 e. The molecule has 196 valence electrons. The molecular formula is C31H28N4O3S. The molecule has 0 saturated carbocycles. The molecule has 0 saturated heterocycles. The second kappa shape index (κ2) is 7.86. The molecule has 7 nitrogen and oxygen atoms in total. The fourth-order valence-electron chi connectivity index (χ4n) is 5.88. The van der Waals surface area contributed by atoms with Crippen LogP contribution in [0.2, 0.25) is 0 Å². The molecule has 0 bridgehead atoms. The Morgan fingerprint density at radius 2 is 1.46 bits per heavy atom. The minimum atomic E-state index is -3.87. The summed E-state index contributed by atoms with van der Waals surface area (Å²) in [6.45, 7) is 2.05. The van der Waals surface area contributed by atoms with Crippen LogP contribution in [-0.2, 0) is 15.4 Å². The summed E-state index contributed by atoms with van der Waals surface area (Å²) >= 11 is 0. The summed E-state index contributed by atoms with van der Waals surface area (Å²) in [5.41, 5.74) is 5.85. The number of nitrogens with zero attached hydrogens (tertiary/aromatic N) is 4. The van der Waals surface area contributed by atoms with Crippen LogP contribution >= 0.6 is 0 Å². The van der Waals surface area contributed by atoms with E-state index in [1.807, 2.05) is 110 Å². The van der Waals surface area contributed by atoms with Crippen LogP contribution < -0.4 is 14.5 Å². The average Bonchev–Trinajstić information content (AvgIpc) is 3.32. The number of aromatic nitrogens is 2. The maximum atomic E-state index is 14.4. The van der Waals surface area contributed by atoms with E-state index >= 15 is 0 Å². The van der Waals surface area contributed by atoms with E-state index in [-0.39, 0.29) is 9.79 Å². The number of fused-ring (bicyclic) bond motifs is 10. The number of rotatable bonds is 2. The minimum absolute atomic E-state index is 0.240. The van der Waals surface area contributed by atoms with Crippen molar-refractivity contribution in [1.82, 2.24) is 9.38 Å². The van der Waals surface area contributed by atoms with Crippen molar-refractivity contribution in [2.75, 3.05) is 38.0 Å². The molecule has 0 unspecified atom stereocenters. The molecule has 7 rings (SSSR count). The molecule has 2 aliphatic heterocycles. The monoisotopic (exact) mass is 536 g/mol. The third-order valence-electron chi connectivity index (χ3n) is 7.82. The van der Waals surface area contributed by atoms with Gasteiger partial charge in [-0.25, -0.2) is 13.4 Å². The predicted molar refractivity (Wildman–Crippen MR) is 153 cm³/mol. The van der Waals surface area contributed by atoms with E-state index in [4.69, 9.17) is 9.72 Å². The molecule has 2 aliphatic rings. The van der Waals surface area contributed by atoms with Crippen LogP contribution in [0.1, 0.15) is 22.4 Å². The van der Waals surface area contributed by atoms with Gasteiger partial charge in [-0.2, -0.15) is 0 Å². The van der Waals surface area contributed by atoms with Crippen molar-refractivity contribution in [3.8, 4) is 17.0 Å². The SMILES string of the molecule is Cc1ccc2c(c1)-c1nc3ccccn3c1C1(O2)c2ccc(N(C)C)cc2S(=O)(=O)c2cc(N(C)C)ccc21. The standard InChI is InChI=1S/C31H28N4O3S/c1-19-9-14-25-22(16-19)29-30(35-15-7-6-8-28(35)32-29)31(38-25)23-12-10-20(33(2)3)17-26(23)39(36,37)27-18-21(34(4)5)11-13-24(27)31/h6-18H,1-5H3. The Bertz CT molecular complexity index is 1870. The summed E-state index contributed by atoms with van der Waals surface area (Å²) in [6, 6.07) is 23.2. The van der Waals surface area contributed by atoms with Crippen LogP contribution in [0, 0.1) is 6.92 Å². The van der Waals surface area contributed by atoms with Gasteiger partial charge in [-0.05, 0) is 55.5 Å². The number of benzene rings is 3. The fourth-order valence-corrected chi connectivity index (χ4v) is 7.68. The van der Waals surface area contributed by atoms with Gasteiger partial charge in [-0.15, -0.1) is 0 Å². The van der Waals surface area contributed by atoms with E-state index in [9.17, 15) is 8.42 Å². The molecule has 3 aromatic carbocycles. The lowest BCUT2D eigenvalue weighted by atomic mass is 9.78. The zero-order valence-corrected chi connectivity index (χ0v) is 23.2. The lowest BCUT2D eigenvalue weighted by Gasteiger charge is -2.43. The van der Waals surface area contributed by atoms with E-state index in [2.05, 4.69) is 6.07 Å². The highest BCUT2D eigenvalue weighted by molar-refractivity contribution is 7.91. The van der Waals surface area contributed by atoms with E-state index in [0.717, 1.165) is 39.5 Å². The van der Waals surface area contributed by atoms with Gasteiger partial charge >= 0.3 is 0 Å². The van der Waals surface area contributed by atoms with E-state index in [1.54, 1.807) is 12.1 Å². The molecular weight excluding hydrogens is 508 g/mol. The van der Waals surface area contributed by atoms with Gasteiger partial charge in [0.25, 0.3) is 0 Å². The summed E-state index contributed by atoms with van der Waals surface area (Å²) in [5, 5.41) is 0. The molecule has 1 spiro atoms. The minimum Gasteiger partial charge on any atom is -0.471 e. The molecule has 39 heavy (non-hydrogen) atoms. The van der Waals surface area contributed by atoms with E-state index in [0.29, 0.717) is 16.9 Å². The van der Waals surface area contributed by atoms with Crippen molar-refractivity contribution in [2.45, 2.75) is 22.3 Å². The van der Waals surface area contributed by atoms with Gasteiger partial charge in [-0.1, -0.05) is 29.8 Å². The first-order chi connectivity index (χ1) is 18.6. The normalized spacial score (nSPS) is 15.6. The fraction of sp³-hybridized carbons (Fsp3) is 0.194. The molecule has 4 heterocycles. The highest BCUT2D eigenvalue weighted by Crippen LogP contribution is 2.57. The Balaban J connectivity index is 1.69. The second-order valence-corrected chi connectivity index (χ2v) is 12.6. The van der Waals surface area contributed by atoms with E-state index in [1.165, 1.54) is 0 Å². The quantitative estimate of drug-likeness (QED) is 0.306. The van der Waals surface area contributed by atoms with E-state index < -0.39 is 15.4 Å². The number of pyridine rings is 1. The predicted octanol–water partition coefficient (Wildman–Crippen LogP) is 5.27. The second-order valence-electron chi connectivity index (χ2n) is 10.7. The van der Waals surface area contributed by atoms with Gasteiger partial charge in [0.05, 0.1) is 9.79 Å². The molecule has 0 amide bonds. The van der Waals surface area contributed by atoms with Crippen molar-refractivity contribution in [2.24, 2.45) is 0 Å². The Morgan fingerprint density at radius 1 is 0.821 bits per heavy atom. The van der Waals surface area contributed by atoms with Gasteiger partial charge in [0, 0.05) is 62.5 Å². The Kier molecular flexibility index (Phi) is 4.80. The number of anilines is 2. The Labute approximate surface area is 227 Å². The highest BCUT2D eigenvalue weighted by Gasteiger charge is 2.55. The molecule has 0 fully saturated rings. The molecule has 0 atom stereocenters. The number of ether oxygens (including phenoxy) is 1. The zero-order chi connectivity index (χ0) is 27.3. The molecule has 0 N–H and O–H groups in total. The molecule has 8 heteroatoms. The maximum absolute atomic E-state index is 14.4. The molecule has 0 aliphatic carbocycles. The lowest BCUT2D eigenvalue weighted by Crippen LogP contribution is -2.44. The summed E-state index contributed by atoms with van der Waals surface area (Å²) in [7, 11) is 3.75. The van der Waals surface area contributed by atoms with Gasteiger partial charge in [-0.3, -0.25) is 4.40 Å². The average molecular weight is 537 g/mol. The molecule has 0 radical (unpaired) electrons.